The molecule has 14 nitrogen and oxygen atoms in total. The van der Waals surface area contributed by atoms with E-state index in [1.165, 1.54) is 54.6 Å². The Bertz CT molecular complexity index is 1490. The van der Waals surface area contributed by atoms with E-state index in [1.54, 1.807) is 0 Å². The molecule has 0 saturated heterocycles. The van der Waals surface area contributed by atoms with Crippen LogP contribution in [0.3, 0.4) is 0 Å². The zero-order valence-electron chi connectivity index (χ0n) is 22.8. The molecule has 1 atom stereocenters. The minimum absolute atomic E-state index is 0.0540. The van der Waals surface area contributed by atoms with Crippen molar-refractivity contribution >= 4 is 23.6 Å². The van der Waals surface area contributed by atoms with E-state index in [2.05, 4.69) is 21.3 Å². The van der Waals surface area contributed by atoms with Crippen molar-refractivity contribution in [3.8, 4) is 34.5 Å². The number of hydrogen-bond acceptors (Lipinski definition) is 10. The third-order valence-electron chi connectivity index (χ3n) is 6.31. The van der Waals surface area contributed by atoms with Crippen molar-refractivity contribution in [2.24, 2.45) is 0 Å². The van der Waals surface area contributed by atoms with Crippen molar-refractivity contribution in [2.75, 3.05) is 19.6 Å². The number of rotatable bonds is 13. The smallest absolute Gasteiger partial charge is 0.255 e. The van der Waals surface area contributed by atoms with Gasteiger partial charge in [0.15, 0.2) is 34.5 Å². The van der Waals surface area contributed by atoms with E-state index in [9.17, 15) is 49.8 Å². The Morgan fingerprint density at radius 3 is 1.44 bits per heavy atom. The molecule has 0 heterocycles. The van der Waals surface area contributed by atoms with Gasteiger partial charge in [-0.2, -0.15) is 0 Å². The predicted octanol–water partition coefficient (Wildman–Crippen LogP) is 1.17. The molecule has 0 bridgehead atoms. The van der Waals surface area contributed by atoms with Gasteiger partial charge in [0, 0.05) is 19.6 Å². The Morgan fingerprint density at radius 1 is 0.535 bits per heavy atom. The molecule has 0 aliphatic rings. The quantitative estimate of drug-likeness (QED) is 0.0998. The summed E-state index contributed by atoms with van der Waals surface area (Å²) in [6.07, 6.45) is 0.809. The molecule has 0 spiro atoms. The third kappa shape index (κ3) is 8.42. The number of carbonyl (C=O) groups excluding carboxylic acids is 4. The number of unbranched alkanes of at least 4 members (excludes halogenated alkanes) is 1. The number of nitrogens with one attached hydrogen (secondary N) is 4. The summed E-state index contributed by atoms with van der Waals surface area (Å²) < 4.78 is 0. The lowest BCUT2D eigenvalue weighted by Crippen LogP contribution is -2.48. The second-order valence-electron chi connectivity index (χ2n) is 9.34. The van der Waals surface area contributed by atoms with Crippen LogP contribution in [0.15, 0.2) is 54.6 Å². The summed E-state index contributed by atoms with van der Waals surface area (Å²) in [7, 11) is 0. The number of amides is 4. The molecule has 228 valence electrons. The second-order valence-corrected chi connectivity index (χ2v) is 9.34. The minimum Gasteiger partial charge on any atom is -0.504 e. The number of phenols is 6. The molecular weight excluding hydrogens is 564 g/mol. The summed E-state index contributed by atoms with van der Waals surface area (Å²) >= 11 is 0. The molecule has 3 aromatic rings. The molecule has 4 amide bonds. The molecule has 43 heavy (non-hydrogen) atoms. The van der Waals surface area contributed by atoms with Crippen molar-refractivity contribution in [1.82, 2.24) is 21.3 Å². The first-order valence-electron chi connectivity index (χ1n) is 13.2. The summed E-state index contributed by atoms with van der Waals surface area (Å²) in [6, 6.07) is 10.6. The third-order valence-corrected chi connectivity index (χ3v) is 6.31. The van der Waals surface area contributed by atoms with E-state index in [-0.39, 0.29) is 42.7 Å². The standard InChI is InChI=1S/C29H32N4O10/c34-20-10-3-6-16(23(20)37)26(40)30-13-2-1-9-19(33-28(42)18-8-5-12-22(36)25(18)39)29(43)32-15-14-31-27(41)17-7-4-11-21(35)24(17)38/h3-8,10-12,19,34-39H,1-2,9,13-15H2,(H,30,40)(H,31,41)(H,32,43)(H,33,42)/t19-/m1/s1. The first-order valence-corrected chi connectivity index (χ1v) is 13.2. The monoisotopic (exact) mass is 596 g/mol. The van der Waals surface area contributed by atoms with Crippen LogP contribution in [-0.4, -0.2) is 79.9 Å². The fourth-order valence-corrected chi connectivity index (χ4v) is 4.00. The molecular formula is C29H32N4O10. The molecule has 0 saturated carbocycles. The number of para-hydroxylation sites is 3. The predicted molar refractivity (Wildman–Crippen MR) is 152 cm³/mol. The fourth-order valence-electron chi connectivity index (χ4n) is 4.00. The second kappa shape index (κ2) is 14.8. The van der Waals surface area contributed by atoms with Gasteiger partial charge in [-0.3, -0.25) is 19.2 Å². The van der Waals surface area contributed by atoms with E-state index in [1.807, 2.05) is 0 Å². The van der Waals surface area contributed by atoms with Gasteiger partial charge >= 0.3 is 0 Å². The maximum absolute atomic E-state index is 13.0. The molecule has 14 heteroatoms. The molecule has 0 aromatic heterocycles. The Balaban J connectivity index is 1.56. The van der Waals surface area contributed by atoms with Gasteiger partial charge in [0.2, 0.25) is 5.91 Å². The summed E-state index contributed by atoms with van der Waals surface area (Å²) in [4.78, 5) is 50.3. The molecule has 0 fully saturated rings. The minimum atomic E-state index is -1.11. The van der Waals surface area contributed by atoms with Gasteiger partial charge < -0.3 is 51.9 Å². The summed E-state index contributed by atoms with van der Waals surface area (Å²) in [5.41, 5.74) is -0.523. The highest BCUT2D eigenvalue weighted by atomic mass is 16.3. The van der Waals surface area contributed by atoms with Crippen molar-refractivity contribution < 1.29 is 49.8 Å². The largest absolute Gasteiger partial charge is 0.504 e. The Labute approximate surface area is 245 Å². The van der Waals surface area contributed by atoms with Gasteiger partial charge in [0.05, 0.1) is 16.7 Å². The molecule has 0 aliphatic carbocycles. The Kier molecular flexibility index (Phi) is 11.0. The summed E-state index contributed by atoms with van der Waals surface area (Å²) in [5, 5.41) is 68.7. The lowest BCUT2D eigenvalue weighted by atomic mass is 10.1. The van der Waals surface area contributed by atoms with E-state index < -0.39 is 64.2 Å². The molecule has 0 unspecified atom stereocenters. The number of aromatic hydroxyl groups is 6. The topological polar surface area (TPSA) is 238 Å². The van der Waals surface area contributed by atoms with Gasteiger partial charge in [-0.05, 0) is 55.7 Å². The van der Waals surface area contributed by atoms with Crippen molar-refractivity contribution in [3.63, 3.8) is 0 Å². The zero-order chi connectivity index (χ0) is 31.5. The van der Waals surface area contributed by atoms with Crippen LogP contribution in [-0.2, 0) is 4.79 Å². The Morgan fingerprint density at radius 2 is 0.953 bits per heavy atom. The van der Waals surface area contributed by atoms with Crippen LogP contribution in [0.5, 0.6) is 34.5 Å². The Hall–Kier alpha value is -5.66. The van der Waals surface area contributed by atoms with Crippen LogP contribution in [0, 0.1) is 0 Å². The first kappa shape index (κ1) is 31.9. The molecule has 3 rings (SSSR count). The van der Waals surface area contributed by atoms with E-state index in [0.29, 0.717) is 12.8 Å². The van der Waals surface area contributed by atoms with Gasteiger partial charge in [-0.25, -0.2) is 0 Å². The van der Waals surface area contributed by atoms with Gasteiger partial charge in [0.25, 0.3) is 17.7 Å². The van der Waals surface area contributed by atoms with Crippen LogP contribution in [0.2, 0.25) is 0 Å². The van der Waals surface area contributed by atoms with Gasteiger partial charge in [-0.15, -0.1) is 0 Å². The average molecular weight is 597 g/mol. The average Bonchev–Trinajstić information content (AvgIpc) is 2.98. The van der Waals surface area contributed by atoms with Crippen molar-refractivity contribution in [3.05, 3.63) is 71.3 Å². The highest BCUT2D eigenvalue weighted by Gasteiger charge is 2.23. The van der Waals surface area contributed by atoms with Crippen LogP contribution >= 0.6 is 0 Å². The highest BCUT2D eigenvalue weighted by molar-refractivity contribution is 6.00. The van der Waals surface area contributed by atoms with Gasteiger partial charge in [-0.1, -0.05) is 18.2 Å². The summed E-state index contributed by atoms with van der Waals surface area (Å²) in [5.74, 6) is -5.96. The van der Waals surface area contributed by atoms with E-state index in [4.69, 9.17) is 0 Å². The van der Waals surface area contributed by atoms with Crippen LogP contribution in [0.4, 0.5) is 0 Å². The van der Waals surface area contributed by atoms with Crippen LogP contribution in [0.25, 0.3) is 0 Å². The maximum Gasteiger partial charge on any atom is 0.255 e. The van der Waals surface area contributed by atoms with Crippen LogP contribution < -0.4 is 21.3 Å². The molecule has 0 aliphatic heterocycles. The van der Waals surface area contributed by atoms with Crippen molar-refractivity contribution in [1.29, 1.82) is 0 Å². The lowest BCUT2D eigenvalue weighted by molar-refractivity contribution is -0.123. The molecule has 10 N–H and O–H groups in total. The van der Waals surface area contributed by atoms with Gasteiger partial charge in [0.1, 0.15) is 6.04 Å². The van der Waals surface area contributed by atoms with Crippen LogP contribution in [0.1, 0.15) is 50.3 Å². The number of phenolic OH excluding ortho intramolecular Hbond substituents is 6. The lowest BCUT2D eigenvalue weighted by Gasteiger charge is -2.19. The zero-order valence-corrected chi connectivity index (χ0v) is 22.8. The first-order chi connectivity index (χ1) is 20.5. The number of carbonyl (C=O) groups is 4. The SMILES string of the molecule is O=C(NCCCC[C@@H](NC(=O)c1cccc(O)c1O)C(=O)NCCNC(=O)c1cccc(O)c1O)c1cccc(O)c1O. The summed E-state index contributed by atoms with van der Waals surface area (Å²) in [6.45, 7) is 0.0381. The molecule has 3 aromatic carbocycles. The normalized spacial score (nSPS) is 11.3. The highest BCUT2D eigenvalue weighted by Crippen LogP contribution is 2.29. The van der Waals surface area contributed by atoms with Crippen molar-refractivity contribution in [2.45, 2.75) is 25.3 Å². The fraction of sp³-hybridized carbons (Fsp3) is 0.241. The molecule has 0 radical (unpaired) electrons. The maximum atomic E-state index is 13.0. The number of benzene rings is 3. The van der Waals surface area contributed by atoms with E-state index in [0.717, 1.165) is 0 Å². The van der Waals surface area contributed by atoms with E-state index >= 15 is 0 Å². The number of hydrogen-bond donors (Lipinski definition) is 10.